The number of likely N-dealkylation sites (tertiary alicyclic amines) is 1. The minimum Gasteiger partial charge on any atom is -0.497 e. The lowest BCUT2D eigenvalue weighted by atomic mass is 10.0. The quantitative estimate of drug-likeness (QED) is 0.521. The van der Waals surface area contributed by atoms with Crippen LogP contribution < -0.4 is 15.4 Å². The van der Waals surface area contributed by atoms with Crippen LogP contribution in [0.2, 0.25) is 0 Å². The van der Waals surface area contributed by atoms with Crippen LogP contribution in [0, 0.1) is 0 Å². The van der Waals surface area contributed by atoms with Crippen molar-refractivity contribution < 1.29 is 4.74 Å². The predicted molar refractivity (Wildman–Crippen MR) is 111 cm³/mol. The van der Waals surface area contributed by atoms with Gasteiger partial charge in [0.1, 0.15) is 11.6 Å². The van der Waals surface area contributed by atoms with Crippen LogP contribution in [0.5, 0.6) is 5.75 Å². The summed E-state index contributed by atoms with van der Waals surface area (Å²) in [6.07, 6.45) is 2.26. The fraction of sp³-hybridized carbons (Fsp3) is 0.550. The van der Waals surface area contributed by atoms with Crippen LogP contribution in [-0.2, 0) is 6.54 Å². The number of guanidine groups is 1. The highest BCUT2D eigenvalue weighted by atomic mass is 16.5. The Morgan fingerprint density at radius 2 is 2.00 bits per heavy atom. The molecular formula is C20H31N7O. The van der Waals surface area contributed by atoms with Gasteiger partial charge in [-0.3, -0.25) is 10.1 Å². The van der Waals surface area contributed by atoms with E-state index in [-0.39, 0.29) is 0 Å². The van der Waals surface area contributed by atoms with E-state index in [0.717, 1.165) is 49.0 Å². The predicted octanol–water partition coefficient (Wildman–Crippen LogP) is 2.02. The third kappa shape index (κ3) is 5.22. The van der Waals surface area contributed by atoms with Gasteiger partial charge in [-0.05, 0) is 51.0 Å². The van der Waals surface area contributed by atoms with Gasteiger partial charge in [-0.2, -0.15) is 5.10 Å². The summed E-state index contributed by atoms with van der Waals surface area (Å²) in [5.74, 6) is 3.05. The number of nitrogens with zero attached hydrogens (tertiary/aromatic N) is 4. The van der Waals surface area contributed by atoms with Crippen molar-refractivity contribution in [2.45, 2.75) is 45.3 Å². The summed E-state index contributed by atoms with van der Waals surface area (Å²) in [4.78, 5) is 11.4. The Morgan fingerprint density at radius 3 is 2.61 bits per heavy atom. The summed E-state index contributed by atoms with van der Waals surface area (Å²) in [5.41, 5.74) is 0.947. The third-order valence-electron chi connectivity index (χ3n) is 5.13. The second-order valence-corrected chi connectivity index (χ2v) is 7.31. The third-order valence-corrected chi connectivity index (χ3v) is 5.13. The van der Waals surface area contributed by atoms with Crippen LogP contribution in [0.1, 0.15) is 32.5 Å². The molecule has 8 nitrogen and oxygen atoms in total. The molecule has 1 aromatic heterocycles. The lowest BCUT2D eigenvalue weighted by molar-refractivity contribution is 0.167. The van der Waals surface area contributed by atoms with E-state index in [1.807, 2.05) is 24.3 Å². The maximum atomic E-state index is 5.19. The first-order valence-electron chi connectivity index (χ1n) is 9.86. The summed E-state index contributed by atoms with van der Waals surface area (Å²) >= 11 is 0. The van der Waals surface area contributed by atoms with Gasteiger partial charge in [0, 0.05) is 37.8 Å². The molecule has 0 spiro atoms. The van der Waals surface area contributed by atoms with Gasteiger partial charge in [0.15, 0.2) is 11.8 Å². The van der Waals surface area contributed by atoms with E-state index in [1.165, 1.54) is 0 Å². The fourth-order valence-corrected chi connectivity index (χ4v) is 3.36. The summed E-state index contributed by atoms with van der Waals surface area (Å²) in [7, 11) is 3.45. The van der Waals surface area contributed by atoms with Crippen LogP contribution in [0.25, 0.3) is 11.4 Å². The summed E-state index contributed by atoms with van der Waals surface area (Å²) in [6.45, 7) is 7.30. The van der Waals surface area contributed by atoms with Crippen molar-refractivity contribution in [3.05, 3.63) is 30.1 Å². The molecule has 0 bridgehead atoms. The summed E-state index contributed by atoms with van der Waals surface area (Å²) in [5, 5.41) is 14.1. The Kier molecular flexibility index (Phi) is 6.86. The minimum absolute atomic E-state index is 0.450. The first-order valence-corrected chi connectivity index (χ1v) is 9.86. The van der Waals surface area contributed by atoms with E-state index in [2.05, 4.69) is 49.6 Å². The smallest absolute Gasteiger partial charge is 0.191 e. The zero-order valence-corrected chi connectivity index (χ0v) is 17.2. The maximum Gasteiger partial charge on any atom is 0.191 e. The number of ether oxygens (including phenoxy) is 1. The van der Waals surface area contributed by atoms with E-state index in [9.17, 15) is 0 Å². The Labute approximate surface area is 166 Å². The molecule has 0 aliphatic carbocycles. The number of rotatable bonds is 6. The SMILES string of the molecule is CN=C(NCc1nc(-c2ccc(OC)cc2)n[nH]1)NC1CCN(C(C)C)CC1. The molecule has 2 heterocycles. The second-order valence-electron chi connectivity index (χ2n) is 7.31. The molecule has 1 aliphatic heterocycles. The first kappa shape index (κ1) is 20.1. The molecule has 1 fully saturated rings. The topological polar surface area (TPSA) is 90.5 Å². The molecule has 1 saturated heterocycles. The number of aliphatic imine (C=N–C) groups is 1. The minimum atomic E-state index is 0.450. The molecule has 0 unspecified atom stereocenters. The molecule has 1 aliphatic rings. The van der Waals surface area contributed by atoms with Gasteiger partial charge in [0.2, 0.25) is 0 Å². The zero-order chi connectivity index (χ0) is 19.9. The Bertz CT molecular complexity index is 761. The molecule has 8 heteroatoms. The average molecular weight is 386 g/mol. The number of nitrogens with one attached hydrogen (secondary N) is 3. The van der Waals surface area contributed by atoms with Crippen molar-refractivity contribution in [2.75, 3.05) is 27.2 Å². The number of H-pyrrole nitrogens is 1. The monoisotopic (exact) mass is 385 g/mol. The number of hydrogen-bond donors (Lipinski definition) is 3. The van der Waals surface area contributed by atoms with Gasteiger partial charge in [0.05, 0.1) is 13.7 Å². The average Bonchev–Trinajstić information content (AvgIpc) is 3.20. The normalized spacial score (nSPS) is 16.4. The molecule has 0 radical (unpaired) electrons. The largest absolute Gasteiger partial charge is 0.497 e. The van der Waals surface area contributed by atoms with E-state index >= 15 is 0 Å². The molecule has 1 aromatic carbocycles. The van der Waals surface area contributed by atoms with Crippen molar-refractivity contribution in [3.63, 3.8) is 0 Å². The summed E-state index contributed by atoms with van der Waals surface area (Å²) < 4.78 is 5.19. The number of hydrogen-bond acceptors (Lipinski definition) is 5. The Morgan fingerprint density at radius 1 is 1.29 bits per heavy atom. The van der Waals surface area contributed by atoms with Crippen molar-refractivity contribution in [3.8, 4) is 17.1 Å². The van der Waals surface area contributed by atoms with E-state index in [1.54, 1.807) is 14.2 Å². The van der Waals surface area contributed by atoms with Gasteiger partial charge in [-0.15, -0.1) is 0 Å². The van der Waals surface area contributed by atoms with Gasteiger partial charge >= 0.3 is 0 Å². The molecule has 0 atom stereocenters. The van der Waals surface area contributed by atoms with Crippen LogP contribution in [0.4, 0.5) is 0 Å². The summed E-state index contributed by atoms with van der Waals surface area (Å²) in [6, 6.07) is 8.77. The van der Waals surface area contributed by atoms with Crippen LogP contribution in [-0.4, -0.2) is 65.4 Å². The van der Waals surface area contributed by atoms with Crippen molar-refractivity contribution in [1.29, 1.82) is 0 Å². The number of methoxy groups -OCH3 is 1. The second kappa shape index (κ2) is 9.54. The van der Waals surface area contributed by atoms with E-state index in [4.69, 9.17) is 4.74 Å². The molecular weight excluding hydrogens is 354 g/mol. The van der Waals surface area contributed by atoms with Crippen LogP contribution in [0.15, 0.2) is 29.3 Å². The Balaban J connectivity index is 1.49. The van der Waals surface area contributed by atoms with Gasteiger partial charge in [-0.25, -0.2) is 4.98 Å². The van der Waals surface area contributed by atoms with E-state index in [0.29, 0.717) is 24.5 Å². The van der Waals surface area contributed by atoms with Crippen molar-refractivity contribution >= 4 is 5.96 Å². The van der Waals surface area contributed by atoms with Gasteiger partial charge in [0.25, 0.3) is 0 Å². The van der Waals surface area contributed by atoms with Gasteiger partial charge in [-0.1, -0.05) is 0 Å². The number of aromatic nitrogens is 3. The highest BCUT2D eigenvalue weighted by Crippen LogP contribution is 2.19. The molecule has 28 heavy (non-hydrogen) atoms. The Hall–Kier alpha value is -2.61. The first-order chi connectivity index (χ1) is 13.6. The standard InChI is InChI=1S/C20H31N7O/c1-14(2)27-11-9-16(10-12-27)23-20(21-3)22-13-18-24-19(26-25-18)15-5-7-17(28-4)8-6-15/h5-8,14,16H,9-13H2,1-4H3,(H2,21,22,23)(H,24,25,26). The van der Waals surface area contributed by atoms with Crippen molar-refractivity contribution in [2.24, 2.45) is 4.99 Å². The van der Waals surface area contributed by atoms with Crippen molar-refractivity contribution in [1.82, 2.24) is 30.7 Å². The number of piperidine rings is 1. The fourth-order valence-electron chi connectivity index (χ4n) is 3.36. The molecule has 0 saturated carbocycles. The van der Waals surface area contributed by atoms with Crippen LogP contribution in [0.3, 0.4) is 0 Å². The van der Waals surface area contributed by atoms with Gasteiger partial charge < -0.3 is 20.3 Å². The zero-order valence-electron chi connectivity index (χ0n) is 17.2. The molecule has 3 rings (SSSR count). The van der Waals surface area contributed by atoms with Crippen LogP contribution >= 0.6 is 0 Å². The maximum absolute atomic E-state index is 5.19. The lowest BCUT2D eigenvalue weighted by Crippen LogP contribution is -2.49. The van der Waals surface area contributed by atoms with E-state index < -0.39 is 0 Å². The molecule has 152 valence electrons. The highest BCUT2D eigenvalue weighted by molar-refractivity contribution is 5.79. The molecule has 2 aromatic rings. The number of aromatic amines is 1. The molecule has 0 amide bonds. The number of benzene rings is 1. The lowest BCUT2D eigenvalue weighted by Gasteiger charge is -2.35. The molecule has 3 N–H and O–H groups in total. The highest BCUT2D eigenvalue weighted by Gasteiger charge is 2.21.